The molecule has 0 aliphatic carbocycles. The fourth-order valence-electron chi connectivity index (χ4n) is 1.40. The van der Waals surface area contributed by atoms with Crippen LogP contribution in [-0.2, 0) is 6.54 Å². The maximum absolute atomic E-state index is 4.40. The van der Waals surface area contributed by atoms with E-state index in [-0.39, 0.29) is 5.54 Å². The summed E-state index contributed by atoms with van der Waals surface area (Å²) < 4.78 is 0. The molecule has 1 heterocycles. The second-order valence-electron chi connectivity index (χ2n) is 5.89. The van der Waals surface area contributed by atoms with E-state index >= 15 is 0 Å². The molecular formula is C14H25N3. The Morgan fingerprint density at radius 2 is 2.00 bits per heavy atom. The number of pyridine rings is 1. The van der Waals surface area contributed by atoms with Crippen LogP contribution in [0.4, 0.5) is 5.82 Å². The van der Waals surface area contributed by atoms with Crippen molar-refractivity contribution in [3.63, 3.8) is 0 Å². The van der Waals surface area contributed by atoms with Gasteiger partial charge in [-0.05, 0) is 32.8 Å². The number of nitrogens with zero attached hydrogens (tertiary/aromatic N) is 1. The summed E-state index contributed by atoms with van der Waals surface area (Å²) in [6, 6.07) is 4.11. The van der Waals surface area contributed by atoms with Crippen LogP contribution in [0, 0.1) is 5.92 Å². The lowest BCUT2D eigenvalue weighted by molar-refractivity contribution is 0.424. The van der Waals surface area contributed by atoms with Gasteiger partial charge in [-0.15, -0.1) is 0 Å². The van der Waals surface area contributed by atoms with Gasteiger partial charge >= 0.3 is 0 Å². The Labute approximate surface area is 105 Å². The Kier molecular flexibility index (Phi) is 4.94. The number of nitrogens with one attached hydrogen (secondary N) is 2. The molecule has 2 N–H and O–H groups in total. The Hall–Kier alpha value is -1.09. The molecule has 0 amide bonds. The van der Waals surface area contributed by atoms with E-state index in [0.29, 0.717) is 5.92 Å². The van der Waals surface area contributed by atoms with Crippen LogP contribution in [0.25, 0.3) is 0 Å². The van der Waals surface area contributed by atoms with E-state index < -0.39 is 0 Å². The summed E-state index contributed by atoms with van der Waals surface area (Å²) in [7, 11) is 0. The molecule has 0 saturated heterocycles. The highest BCUT2D eigenvalue weighted by Gasteiger charge is 2.10. The van der Waals surface area contributed by atoms with Crippen molar-refractivity contribution in [1.29, 1.82) is 0 Å². The van der Waals surface area contributed by atoms with Gasteiger partial charge in [0, 0.05) is 30.4 Å². The van der Waals surface area contributed by atoms with Gasteiger partial charge in [-0.3, -0.25) is 0 Å². The molecule has 1 aromatic rings. The lowest BCUT2D eigenvalue weighted by atomic mass is 10.1. The van der Waals surface area contributed by atoms with Crippen molar-refractivity contribution >= 4 is 5.82 Å². The SMILES string of the molecule is CC(C)CNc1ncccc1CNC(C)(C)C. The highest BCUT2D eigenvalue weighted by molar-refractivity contribution is 5.43. The summed E-state index contributed by atoms with van der Waals surface area (Å²) in [4.78, 5) is 4.40. The summed E-state index contributed by atoms with van der Waals surface area (Å²) >= 11 is 0. The fraction of sp³-hybridized carbons (Fsp3) is 0.643. The number of aromatic nitrogens is 1. The van der Waals surface area contributed by atoms with E-state index in [1.165, 1.54) is 5.56 Å². The van der Waals surface area contributed by atoms with Crippen molar-refractivity contribution in [1.82, 2.24) is 10.3 Å². The van der Waals surface area contributed by atoms with E-state index in [0.717, 1.165) is 18.9 Å². The maximum Gasteiger partial charge on any atom is 0.130 e. The molecule has 3 heteroatoms. The minimum Gasteiger partial charge on any atom is -0.370 e. The Balaban J connectivity index is 2.64. The normalized spacial score (nSPS) is 11.9. The quantitative estimate of drug-likeness (QED) is 0.823. The monoisotopic (exact) mass is 235 g/mol. The summed E-state index contributed by atoms with van der Waals surface area (Å²) in [5.41, 5.74) is 1.36. The molecular weight excluding hydrogens is 210 g/mol. The smallest absolute Gasteiger partial charge is 0.130 e. The third-order valence-electron chi connectivity index (χ3n) is 2.38. The molecule has 0 fully saturated rings. The number of anilines is 1. The van der Waals surface area contributed by atoms with Gasteiger partial charge in [0.15, 0.2) is 0 Å². The first-order valence-electron chi connectivity index (χ1n) is 6.31. The maximum atomic E-state index is 4.40. The first kappa shape index (κ1) is 14.0. The third kappa shape index (κ3) is 5.68. The molecule has 0 aliphatic heterocycles. The second kappa shape index (κ2) is 6.01. The van der Waals surface area contributed by atoms with Crippen LogP contribution in [0.2, 0.25) is 0 Å². The number of hydrogen-bond acceptors (Lipinski definition) is 3. The molecule has 0 bridgehead atoms. The topological polar surface area (TPSA) is 37.0 Å². The zero-order valence-electron chi connectivity index (χ0n) is 11.7. The van der Waals surface area contributed by atoms with Crippen LogP contribution in [0.15, 0.2) is 18.3 Å². The molecule has 1 aromatic heterocycles. The van der Waals surface area contributed by atoms with Crippen LogP contribution in [0.1, 0.15) is 40.2 Å². The molecule has 0 saturated carbocycles. The van der Waals surface area contributed by atoms with Crippen molar-refractivity contribution in [2.24, 2.45) is 5.92 Å². The molecule has 3 nitrogen and oxygen atoms in total. The van der Waals surface area contributed by atoms with Gasteiger partial charge < -0.3 is 10.6 Å². The van der Waals surface area contributed by atoms with Crippen molar-refractivity contribution in [3.05, 3.63) is 23.9 Å². The van der Waals surface area contributed by atoms with E-state index in [9.17, 15) is 0 Å². The predicted molar refractivity (Wildman–Crippen MR) is 74.2 cm³/mol. The summed E-state index contributed by atoms with van der Waals surface area (Å²) in [6.45, 7) is 12.7. The Morgan fingerprint density at radius 1 is 1.29 bits per heavy atom. The first-order valence-corrected chi connectivity index (χ1v) is 6.31. The van der Waals surface area contributed by atoms with Crippen LogP contribution in [-0.4, -0.2) is 17.1 Å². The zero-order chi connectivity index (χ0) is 12.9. The lowest BCUT2D eigenvalue weighted by Crippen LogP contribution is -2.35. The Morgan fingerprint density at radius 3 is 2.59 bits per heavy atom. The molecule has 1 rings (SSSR count). The first-order chi connectivity index (χ1) is 7.88. The lowest BCUT2D eigenvalue weighted by Gasteiger charge is -2.21. The number of rotatable bonds is 5. The van der Waals surface area contributed by atoms with Crippen molar-refractivity contribution in [3.8, 4) is 0 Å². The van der Waals surface area contributed by atoms with Gasteiger partial charge in [-0.1, -0.05) is 19.9 Å². The van der Waals surface area contributed by atoms with E-state index in [4.69, 9.17) is 0 Å². The molecule has 0 aliphatic rings. The van der Waals surface area contributed by atoms with Crippen LogP contribution in [0.3, 0.4) is 0 Å². The van der Waals surface area contributed by atoms with Gasteiger partial charge in [0.05, 0.1) is 0 Å². The highest BCUT2D eigenvalue weighted by Crippen LogP contribution is 2.13. The van der Waals surface area contributed by atoms with Crippen LogP contribution >= 0.6 is 0 Å². The zero-order valence-corrected chi connectivity index (χ0v) is 11.7. The van der Waals surface area contributed by atoms with Crippen LogP contribution in [0.5, 0.6) is 0 Å². The standard InChI is InChI=1S/C14H25N3/c1-11(2)9-16-13-12(7-6-8-15-13)10-17-14(3,4)5/h6-8,11,17H,9-10H2,1-5H3,(H,15,16). The Bertz CT molecular complexity index is 340. The van der Waals surface area contributed by atoms with Crippen molar-refractivity contribution in [2.75, 3.05) is 11.9 Å². The van der Waals surface area contributed by atoms with Gasteiger partial charge in [0.25, 0.3) is 0 Å². The van der Waals surface area contributed by atoms with Crippen molar-refractivity contribution in [2.45, 2.75) is 46.7 Å². The minimum atomic E-state index is 0.130. The van der Waals surface area contributed by atoms with Gasteiger partial charge in [-0.25, -0.2) is 4.98 Å². The summed E-state index contributed by atoms with van der Waals surface area (Å²) in [5, 5.41) is 6.88. The molecule has 0 spiro atoms. The van der Waals surface area contributed by atoms with Gasteiger partial charge in [-0.2, -0.15) is 0 Å². The third-order valence-corrected chi connectivity index (χ3v) is 2.38. The molecule has 0 atom stereocenters. The largest absolute Gasteiger partial charge is 0.370 e. The van der Waals surface area contributed by atoms with Crippen molar-refractivity contribution < 1.29 is 0 Å². The van der Waals surface area contributed by atoms with E-state index in [1.807, 2.05) is 12.3 Å². The molecule has 0 radical (unpaired) electrons. The van der Waals surface area contributed by atoms with Gasteiger partial charge in [0.1, 0.15) is 5.82 Å². The summed E-state index contributed by atoms with van der Waals surface area (Å²) in [5.74, 6) is 1.62. The number of hydrogen-bond donors (Lipinski definition) is 2. The predicted octanol–water partition coefficient (Wildman–Crippen LogP) is 3.04. The van der Waals surface area contributed by atoms with Crippen LogP contribution < -0.4 is 10.6 Å². The van der Waals surface area contributed by atoms with E-state index in [1.54, 1.807) is 0 Å². The average molecular weight is 235 g/mol. The highest BCUT2D eigenvalue weighted by atomic mass is 15.0. The fourth-order valence-corrected chi connectivity index (χ4v) is 1.40. The van der Waals surface area contributed by atoms with E-state index in [2.05, 4.69) is 56.3 Å². The second-order valence-corrected chi connectivity index (χ2v) is 5.89. The molecule has 96 valence electrons. The average Bonchev–Trinajstić information content (AvgIpc) is 2.23. The molecule has 0 aromatic carbocycles. The summed E-state index contributed by atoms with van der Waals surface area (Å²) in [6.07, 6.45) is 1.84. The molecule has 17 heavy (non-hydrogen) atoms. The van der Waals surface area contributed by atoms with Gasteiger partial charge in [0.2, 0.25) is 0 Å². The minimum absolute atomic E-state index is 0.130. The molecule has 0 unspecified atom stereocenters.